The van der Waals surface area contributed by atoms with Gasteiger partial charge in [-0.15, -0.1) is 0 Å². The second kappa shape index (κ2) is 4.84. The minimum atomic E-state index is -0.944. The molecule has 1 aliphatic rings. The lowest BCUT2D eigenvalue weighted by Crippen LogP contribution is -2.08. The third kappa shape index (κ3) is 2.36. The van der Waals surface area contributed by atoms with Crippen LogP contribution in [0.25, 0.3) is 11.1 Å². The highest BCUT2D eigenvalue weighted by atomic mass is 16.4. The molecule has 0 atom stereocenters. The predicted octanol–water partition coefficient (Wildman–Crippen LogP) is 3.71. The largest absolute Gasteiger partial charge is 0.478 e. The van der Waals surface area contributed by atoms with Gasteiger partial charge in [0.2, 0.25) is 0 Å². The molecule has 3 rings (SSSR count). The second-order valence-electron chi connectivity index (χ2n) is 5.02. The van der Waals surface area contributed by atoms with Crippen LogP contribution in [0.1, 0.15) is 41.1 Å². The van der Waals surface area contributed by atoms with E-state index in [2.05, 4.69) is 29.2 Å². The molecule has 1 fully saturated rings. The van der Waals surface area contributed by atoms with Gasteiger partial charge in [-0.3, -0.25) is 4.98 Å². The molecule has 0 saturated heterocycles. The smallest absolute Gasteiger partial charge is 0.337 e. The molecular weight excluding hydrogens is 238 g/mol. The molecule has 3 nitrogen and oxygen atoms in total. The van der Waals surface area contributed by atoms with Gasteiger partial charge >= 0.3 is 5.97 Å². The number of carboxylic acids is 1. The number of hydrogen-bond acceptors (Lipinski definition) is 2. The van der Waals surface area contributed by atoms with Crippen LogP contribution in [0.3, 0.4) is 0 Å². The Morgan fingerprint density at radius 3 is 2.42 bits per heavy atom. The van der Waals surface area contributed by atoms with Gasteiger partial charge in [-0.05, 0) is 36.0 Å². The number of pyridine rings is 1. The van der Waals surface area contributed by atoms with Crippen molar-refractivity contribution in [2.45, 2.75) is 25.2 Å². The molecule has 3 heteroatoms. The topological polar surface area (TPSA) is 50.2 Å². The lowest BCUT2D eigenvalue weighted by Gasteiger charge is -2.25. The molecule has 0 bridgehead atoms. The lowest BCUT2D eigenvalue weighted by atomic mass is 9.80. The van der Waals surface area contributed by atoms with Crippen molar-refractivity contribution in [2.75, 3.05) is 0 Å². The summed E-state index contributed by atoms with van der Waals surface area (Å²) in [6, 6.07) is 10.1. The molecule has 1 aromatic heterocycles. The fourth-order valence-corrected chi connectivity index (χ4v) is 2.40. The van der Waals surface area contributed by atoms with Gasteiger partial charge in [-0.2, -0.15) is 0 Å². The van der Waals surface area contributed by atoms with E-state index >= 15 is 0 Å². The summed E-state index contributed by atoms with van der Waals surface area (Å²) in [5.74, 6) is -0.224. The van der Waals surface area contributed by atoms with Crippen molar-refractivity contribution in [3.63, 3.8) is 0 Å². The van der Waals surface area contributed by atoms with E-state index in [9.17, 15) is 4.79 Å². The molecule has 1 aromatic carbocycles. The SMILES string of the molecule is O=C(O)c1cncc(-c2ccc(C3CCC3)cc2)c1. The highest BCUT2D eigenvalue weighted by Crippen LogP contribution is 2.36. The number of aromatic nitrogens is 1. The van der Waals surface area contributed by atoms with Crippen molar-refractivity contribution in [1.82, 2.24) is 4.98 Å². The van der Waals surface area contributed by atoms with Crippen LogP contribution in [0.5, 0.6) is 0 Å². The Hall–Kier alpha value is -2.16. The zero-order chi connectivity index (χ0) is 13.2. The molecule has 1 saturated carbocycles. The number of benzene rings is 1. The first-order valence-electron chi connectivity index (χ1n) is 6.53. The van der Waals surface area contributed by atoms with Gasteiger partial charge in [-0.1, -0.05) is 30.7 Å². The molecular formula is C16H15NO2. The van der Waals surface area contributed by atoms with E-state index < -0.39 is 5.97 Å². The maximum Gasteiger partial charge on any atom is 0.337 e. The molecule has 1 aliphatic carbocycles. The van der Waals surface area contributed by atoms with E-state index in [4.69, 9.17) is 5.11 Å². The van der Waals surface area contributed by atoms with Crippen LogP contribution in [0.4, 0.5) is 0 Å². The summed E-state index contributed by atoms with van der Waals surface area (Å²) in [6.07, 6.45) is 6.97. The maximum absolute atomic E-state index is 10.9. The van der Waals surface area contributed by atoms with Crippen molar-refractivity contribution in [3.8, 4) is 11.1 Å². The summed E-state index contributed by atoms with van der Waals surface area (Å²) in [5.41, 5.74) is 3.47. The van der Waals surface area contributed by atoms with Crippen molar-refractivity contribution >= 4 is 5.97 Å². The monoisotopic (exact) mass is 253 g/mol. The number of rotatable bonds is 3. The van der Waals surface area contributed by atoms with Crippen molar-refractivity contribution in [2.24, 2.45) is 0 Å². The molecule has 0 spiro atoms. The predicted molar refractivity (Wildman–Crippen MR) is 73.2 cm³/mol. The summed E-state index contributed by atoms with van der Waals surface area (Å²) in [6.45, 7) is 0. The molecule has 1 N–H and O–H groups in total. The Morgan fingerprint density at radius 1 is 1.11 bits per heavy atom. The standard InChI is InChI=1S/C16H15NO2/c18-16(19)15-8-14(9-17-10-15)13-6-4-12(5-7-13)11-2-1-3-11/h4-11H,1-3H2,(H,18,19). The first kappa shape index (κ1) is 11.9. The molecule has 96 valence electrons. The first-order chi connectivity index (χ1) is 9.24. The van der Waals surface area contributed by atoms with Gasteiger partial charge < -0.3 is 5.11 Å². The van der Waals surface area contributed by atoms with Gasteiger partial charge in [-0.25, -0.2) is 4.79 Å². The van der Waals surface area contributed by atoms with Crippen molar-refractivity contribution in [1.29, 1.82) is 0 Å². The summed E-state index contributed by atoms with van der Waals surface area (Å²) in [4.78, 5) is 14.9. The van der Waals surface area contributed by atoms with Crippen LogP contribution < -0.4 is 0 Å². The van der Waals surface area contributed by atoms with Crippen LogP contribution in [0.2, 0.25) is 0 Å². The summed E-state index contributed by atoms with van der Waals surface area (Å²) in [5, 5.41) is 8.97. The molecule has 2 aromatic rings. The lowest BCUT2D eigenvalue weighted by molar-refractivity contribution is 0.0696. The van der Waals surface area contributed by atoms with E-state index in [1.54, 1.807) is 12.3 Å². The Morgan fingerprint density at radius 2 is 1.84 bits per heavy atom. The number of carbonyl (C=O) groups is 1. The van der Waals surface area contributed by atoms with Gasteiger partial charge in [0.25, 0.3) is 0 Å². The zero-order valence-corrected chi connectivity index (χ0v) is 10.5. The van der Waals surface area contributed by atoms with E-state index in [0.29, 0.717) is 0 Å². The third-order valence-electron chi connectivity index (χ3n) is 3.81. The Kier molecular flexibility index (Phi) is 3.03. The second-order valence-corrected chi connectivity index (χ2v) is 5.02. The Balaban J connectivity index is 1.89. The van der Waals surface area contributed by atoms with Gasteiger partial charge in [0.15, 0.2) is 0 Å². The maximum atomic E-state index is 10.9. The molecule has 0 unspecified atom stereocenters. The van der Waals surface area contributed by atoms with E-state index in [1.807, 2.05) is 0 Å². The molecule has 0 radical (unpaired) electrons. The quantitative estimate of drug-likeness (QED) is 0.907. The fraction of sp³-hybridized carbons (Fsp3) is 0.250. The number of hydrogen-bond donors (Lipinski definition) is 1. The highest BCUT2D eigenvalue weighted by molar-refractivity contribution is 5.88. The minimum absolute atomic E-state index is 0.223. The van der Waals surface area contributed by atoms with Gasteiger partial charge in [0.1, 0.15) is 0 Å². The van der Waals surface area contributed by atoms with Crippen LogP contribution in [0.15, 0.2) is 42.7 Å². The molecule has 19 heavy (non-hydrogen) atoms. The van der Waals surface area contributed by atoms with E-state index in [-0.39, 0.29) is 5.56 Å². The van der Waals surface area contributed by atoms with Gasteiger partial charge in [0, 0.05) is 18.0 Å². The Labute approximate surface area is 111 Å². The average Bonchev–Trinajstić information content (AvgIpc) is 2.38. The van der Waals surface area contributed by atoms with Crippen LogP contribution >= 0.6 is 0 Å². The van der Waals surface area contributed by atoms with Crippen molar-refractivity contribution in [3.05, 3.63) is 53.9 Å². The summed E-state index contributed by atoms with van der Waals surface area (Å²) in [7, 11) is 0. The van der Waals surface area contributed by atoms with Crippen LogP contribution in [-0.4, -0.2) is 16.1 Å². The highest BCUT2D eigenvalue weighted by Gasteiger charge is 2.19. The average molecular weight is 253 g/mol. The minimum Gasteiger partial charge on any atom is -0.478 e. The van der Waals surface area contributed by atoms with Gasteiger partial charge in [0.05, 0.1) is 5.56 Å². The fourth-order valence-electron chi connectivity index (χ4n) is 2.40. The number of carboxylic acid groups (broad SMARTS) is 1. The number of nitrogens with zero attached hydrogens (tertiary/aromatic N) is 1. The Bertz CT molecular complexity index is 600. The normalized spacial score (nSPS) is 14.9. The summed E-state index contributed by atoms with van der Waals surface area (Å²) >= 11 is 0. The van der Waals surface area contributed by atoms with E-state index in [0.717, 1.165) is 17.0 Å². The molecule has 0 amide bonds. The zero-order valence-electron chi connectivity index (χ0n) is 10.5. The summed E-state index contributed by atoms with van der Waals surface area (Å²) < 4.78 is 0. The molecule has 0 aliphatic heterocycles. The van der Waals surface area contributed by atoms with Crippen LogP contribution in [0, 0.1) is 0 Å². The first-order valence-corrected chi connectivity index (χ1v) is 6.53. The van der Waals surface area contributed by atoms with E-state index in [1.165, 1.54) is 31.0 Å². The third-order valence-corrected chi connectivity index (χ3v) is 3.81. The van der Waals surface area contributed by atoms with Crippen LogP contribution in [-0.2, 0) is 0 Å². The molecule has 1 heterocycles. The van der Waals surface area contributed by atoms with Crippen molar-refractivity contribution < 1.29 is 9.90 Å². The number of aromatic carboxylic acids is 1.